The van der Waals surface area contributed by atoms with Gasteiger partial charge in [-0.3, -0.25) is 4.90 Å². The minimum absolute atomic E-state index is 0.626. The van der Waals surface area contributed by atoms with Crippen molar-refractivity contribution < 1.29 is 0 Å². The first-order chi connectivity index (χ1) is 6.77. The van der Waals surface area contributed by atoms with E-state index in [9.17, 15) is 0 Å². The second-order valence-electron chi connectivity index (χ2n) is 4.05. The molecular formula is C12H16BrN. The van der Waals surface area contributed by atoms with Gasteiger partial charge in [0.1, 0.15) is 0 Å². The van der Waals surface area contributed by atoms with Gasteiger partial charge < -0.3 is 0 Å². The molecule has 1 nitrogen and oxygen atoms in total. The molecule has 14 heavy (non-hydrogen) atoms. The number of likely N-dealkylation sites (tertiary alicyclic amines) is 1. The Balaban J connectivity index is 2.20. The van der Waals surface area contributed by atoms with E-state index in [2.05, 4.69) is 52.1 Å². The molecule has 2 heteroatoms. The average molecular weight is 254 g/mol. The zero-order chi connectivity index (χ0) is 9.97. The van der Waals surface area contributed by atoms with Crippen molar-refractivity contribution in [1.29, 1.82) is 0 Å². The van der Waals surface area contributed by atoms with Crippen molar-refractivity contribution in [2.45, 2.75) is 25.3 Å². The van der Waals surface area contributed by atoms with Gasteiger partial charge in [0.15, 0.2) is 0 Å². The van der Waals surface area contributed by atoms with E-state index in [-0.39, 0.29) is 0 Å². The molecule has 2 rings (SSSR count). The fraction of sp³-hybridized carbons (Fsp3) is 0.500. The Morgan fingerprint density at radius 2 is 2.21 bits per heavy atom. The molecular weight excluding hydrogens is 238 g/mol. The van der Waals surface area contributed by atoms with Gasteiger partial charge in [-0.05, 0) is 44.1 Å². The van der Waals surface area contributed by atoms with Gasteiger partial charge in [0.2, 0.25) is 0 Å². The van der Waals surface area contributed by atoms with Crippen molar-refractivity contribution in [1.82, 2.24) is 4.90 Å². The molecule has 0 aliphatic carbocycles. The predicted octanol–water partition coefficient (Wildman–Crippen LogP) is 3.61. The summed E-state index contributed by atoms with van der Waals surface area (Å²) in [5.41, 5.74) is 1.45. The number of rotatable bonds is 1. The maximum Gasteiger partial charge on any atom is 0.0345 e. The number of hydrogen-bond acceptors (Lipinski definition) is 1. The van der Waals surface area contributed by atoms with Gasteiger partial charge in [-0.15, -0.1) is 0 Å². The normalized spacial score (nSPS) is 23.7. The standard InChI is InChI=1S/C12H16BrN/c1-14-8-3-2-7-12(14)10-5-4-6-11(13)9-10/h4-6,9,12H,2-3,7-8H2,1H3. The smallest absolute Gasteiger partial charge is 0.0345 e. The van der Waals surface area contributed by atoms with E-state index < -0.39 is 0 Å². The van der Waals surface area contributed by atoms with Gasteiger partial charge in [0, 0.05) is 10.5 Å². The highest BCUT2D eigenvalue weighted by Crippen LogP contribution is 2.30. The van der Waals surface area contributed by atoms with Gasteiger partial charge in [-0.2, -0.15) is 0 Å². The Kier molecular flexibility index (Phi) is 3.24. The second kappa shape index (κ2) is 4.45. The highest BCUT2D eigenvalue weighted by molar-refractivity contribution is 9.10. The van der Waals surface area contributed by atoms with E-state index in [1.165, 1.54) is 35.8 Å². The van der Waals surface area contributed by atoms with E-state index in [1.54, 1.807) is 0 Å². The van der Waals surface area contributed by atoms with Crippen LogP contribution in [0.3, 0.4) is 0 Å². The molecule has 1 saturated heterocycles. The van der Waals surface area contributed by atoms with E-state index in [4.69, 9.17) is 0 Å². The van der Waals surface area contributed by atoms with Crippen LogP contribution in [0.1, 0.15) is 30.9 Å². The molecule has 0 aromatic heterocycles. The molecule has 1 unspecified atom stereocenters. The molecule has 1 aromatic rings. The van der Waals surface area contributed by atoms with E-state index >= 15 is 0 Å². The molecule has 1 aliphatic rings. The third kappa shape index (κ3) is 2.18. The number of halogens is 1. The van der Waals surface area contributed by atoms with Crippen LogP contribution in [-0.2, 0) is 0 Å². The van der Waals surface area contributed by atoms with E-state index in [0.29, 0.717) is 6.04 Å². The SMILES string of the molecule is CN1CCCCC1c1cccc(Br)c1. The molecule has 0 amide bonds. The third-order valence-corrected chi connectivity index (χ3v) is 3.50. The summed E-state index contributed by atoms with van der Waals surface area (Å²) in [4.78, 5) is 2.46. The lowest BCUT2D eigenvalue weighted by molar-refractivity contribution is 0.187. The fourth-order valence-electron chi connectivity index (χ4n) is 2.21. The van der Waals surface area contributed by atoms with Crippen molar-refractivity contribution in [3.05, 3.63) is 34.3 Å². The van der Waals surface area contributed by atoms with E-state index in [1.807, 2.05) is 0 Å². The number of piperidine rings is 1. The summed E-state index contributed by atoms with van der Waals surface area (Å²) in [6.07, 6.45) is 4.01. The van der Waals surface area contributed by atoms with Crippen molar-refractivity contribution in [3.63, 3.8) is 0 Å². The minimum Gasteiger partial charge on any atom is -0.299 e. The molecule has 1 heterocycles. The highest BCUT2D eigenvalue weighted by Gasteiger charge is 2.20. The third-order valence-electron chi connectivity index (χ3n) is 3.00. The van der Waals surface area contributed by atoms with Crippen LogP contribution >= 0.6 is 15.9 Å². The summed E-state index contributed by atoms with van der Waals surface area (Å²) in [6.45, 7) is 1.23. The molecule has 0 N–H and O–H groups in total. The van der Waals surface area contributed by atoms with Crippen LogP contribution in [0.5, 0.6) is 0 Å². The molecule has 0 bridgehead atoms. The number of nitrogens with zero attached hydrogens (tertiary/aromatic N) is 1. The largest absolute Gasteiger partial charge is 0.299 e. The van der Waals surface area contributed by atoms with Crippen LogP contribution in [0.15, 0.2) is 28.7 Å². The molecule has 1 aromatic carbocycles. The lowest BCUT2D eigenvalue weighted by Crippen LogP contribution is -2.29. The molecule has 1 aliphatic heterocycles. The Morgan fingerprint density at radius 1 is 1.36 bits per heavy atom. The van der Waals surface area contributed by atoms with Crippen molar-refractivity contribution in [3.8, 4) is 0 Å². The Morgan fingerprint density at radius 3 is 2.93 bits per heavy atom. The first kappa shape index (κ1) is 10.2. The fourth-order valence-corrected chi connectivity index (χ4v) is 2.63. The van der Waals surface area contributed by atoms with Crippen LogP contribution in [-0.4, -0.2) is 18.5 Å². The molecule has 76 valence electrons. The predicted molar refractivity (Wildman–Crippen MR) is 63.4 cm³/mol. The van der Waals surface area contributed by atoms with Crippen molar-refractivity contribution in [2.75, 3.05) is 13.6 Å². The van der Waals surface area contributed by atoms with Gasteiger partial charge in [-0.1, -0.05) is 34.5 Å². The first-order valence-electron chi connectivity index (χ1n) is 5.23. The topological polar surface area (TPSA) is 3.24 Å². The molecule has 0 radical (unpaired) electrons. The lowest BCUT2D eigenvalue weighted by atomic mass is 9.96. The summed E-state index contributed by atoms with van der Waals surface area (Å²) in [5, 5.41) is 0. The summed E-state index contributed by atoms with van der Waals surface area (Å²) >= 11 is 3.53. The second-order valence-corrected chi connectivity index (χ2v) is 4.96. The maximum atomic E-state index is 3.53. The van der Waals surface area contributed by atoms with E-state index in [0.717, 1.165) is 0 Å². The van der Waals surface area contributed by atoms with Crippen LogP contribution in [0, 0.1) is 0 Å². The molecule has 0 saturated carbocycles. The van der Waals surface area contributed by atoms with Crippen molar-refractivity contribution in [2.24, 2.45) is 0 Å². The van der Waals surface area contributed by atoms with Crippen LogP contribution in [0.2, 0.25) is 0 Å². The monoisotopic (exact) mass is 253 g/mol. The maximum absolute atomic E-state index is 3.53. The van der Waals surface area contributed by atoms with Crippen LogP contribution in [0.4, 0.5) is 0 Å². The average Bonchev–Trinajstić information content (AvgIpc) is 2.18. The van der Waals surface area contributed by atoms with Gasteiger partial charge >= 0.3 is 0 Å². The number of benzene rings is 1. The molecule has 1 atom stereocenters. The lowest BCUT2D eigenvalue weighted by Gasteiger charge is -2.32. The molecule has 1 fully saturated rings. The minimum atomic E-state index is 0.626. The van der Waals surface area contributed by atoms with Crippen molar-refractivity contribution >= 4 is 15.9 Å². The first-order valence-corrected chi connectivity index (χ1v) is 6.02. The molecule has 0 spiro atoms. The van der Waals surface area contributed by atoms with Crippen LogP contribution < -0.4 is 0 Å². The quantitative estimate of drug-likeness (QED) is 0.740. The summed E-state index contributed by atoms with van der Waals surface area (Å²) in [6, 6.07) is 9.32. The highest BCUT2D eigenvalue weighted by atomic mass is 79.9. The summed E-state index contributed by atoms with van der Waals surface area (Å²) in [7, 11) is 2.23. The van der Waals surface area contributed by atoms with Gasteiger partial charge in [0.25, 0.3) is 0 Å². The summed E-state index contributed by atoms with van der Waals surface area (Å²) < 4.78 is 1.19. The van der Waals surface area contributed by atoms with Gasteiger partial charge in [0.05, 0.1) is 0 Å². The Hall–Kier alpha value is -0.340. The van der Waals surface area contributed by atoms with Gasteiger partial charge in [-0.25, -0.2) is 0 Å². The Bertz CT molecular complexity index is 311. The zero-order valence-corrected chi connectivity index (χ0v) is 10.1. The summed E-state index contributed by atoms with van der Waals surface area (Å²) in [5.74, 6) is 0. The Labute approximate surface area is 94.2 Å². The van der Waals surface area contributed by atoms with Crippen LogP contribution in [0.25, 0.3) is 0 Å². The zero-order valence-electron chi connectivity index (χ0n) is 8.54. The number of hydrogen-bond donors (Lipinski definition) is 0.